The standard InChI is InChI=1S/C29H42O3/c1-19(8-7-15-27(3,4)31)24-11-12-25-23-10-9-21-18-22(32-20(2)30)13-16-28(21,5)26(23)14-17-29(24,25)6/h9-10,13,16,18-19,24-26,31H,7-8,11-12,14-15,17H2,1-6H3/t19-,24-,25+,26+,28+,29-/m1/s1. The molecule has 0 unspecified atom stereocenters. The molecule has 0 aromatic heterocycles. The van der Waals surface area contributed by atoms with Crippen molar-refractivity contribution in [1.82, 2.24) is 0 Å². The summed E-state index contributed by atoms with van der Waals surface area (Å²) in [5.74, 6) is 3.07. The van der Waals surface area contributed by atoms with Crippen molar-refractivity contribution in [2.75, 3.05) is 0 Å². The number of esters is 1. The number of carbonyl (C=O) groups excluding carboxylic acids is 1. The zero-order valence-corrected chi connectivity index (χ0v) is 20.9. The summed E-state index contributed by atoms with van der Waals surface area (Å²) >= 11 is 0. The molecular formula is C29H42O3. The van der Waals surface area contributed by atoms with Crippen LogP contribution >= 0.6 is 0 Å². The van der Waals surface area contributed by atoms with E-state index < -0.39 is 5.60 Å². The van der Waals surface area contributed by atoms with Gasteiger partial charge in [-0.1, -0.05) is 57.4 Å². The molecule has 0 heterocycles. The predicted octanol–water partition coefficient (Wildman–Crippen LogP) is 6.90. The van der Waals surface area contributed by atoms with Gasteiger partial charge in [0.05, 0.1) is 5.60 Å². The van der Waals surface area contributed by atoms with Gasteiger partial charge in [0.1, 0.15) is 5.76 Å². The maximum atomic E-state index is 11.4. The lowest BCUT2D eigenvalue weighted by atomic mass is 9.51. The van der Waals surface area contributed by atoms with Crippen molar-refractivity contribution in [3.8, 4) is 0 Å². The van der Waals surface area contributed by atoms with Crippen molar-refractivity contribution in [2.45, 2.75) is 92.1 Å². The molecule has 0 aromatic rings. The van der Waals surface area contributed by atoms with Gasteiger partial charge in [-0.15, -0.1) is 0 Å². The van der Waals surface area contributed by atoms with Crippen LogP contribution in [0.1, 0.15) is 86.5 Å². The number of allylic oxidation sites excluding steroid dienone is 7. The van der Waals surface area contributed by atoms with Crippen LogP contribution in [0.5, 0.6) is 0 Å². The van der Waals surface area contributed by atoms with Crippen LogP contribution in [-0.2, 0) is 9.53 Å². The number of fused-ring (bicyclic) bond motifs is 5. The second-order valence-corrected chi connectivity index (χ2v) is 12.1. The SMILES string of the molecule is CC(=O)OC1=CC2=CC=C3[C@@H]4CC[C@H]([C@H](C)CCCC(C)(C)O)[C@@]4(C)CC[C@@H]3[C@@]2(C)C=C1. The van der Waals surface area contributed by atoms with E-state index in [-0.39, 0.29) is 11.4 Å². The summed E-state index contributed by atoms with van der Waals surface area (Å²) in [6.45, 7) is 12.7. The molecule has 2 fully saturated rings. The Hall–Kier alpha value is -1.61. The third-order valence-corrected chi connectivity index (χ3v) is 9.28. The summed E-state index contributed by atoms with van der Waals surface area (Å²) in [4.78, 5) is 11.4. The van der Waals surface area contributed by atoms with Crippen molar-refractivity contribution in [3.63, 3.8) is 0 Å². The van der Waals surface area contributed by atoms with Crippen LogP contribution in [0.25, 0.3) is 0 Å². The Labute approximate surface area is 194 Å². The number of aliphatic hydroxyl groups is 1. The molecule has 0 bridgehead atoms. The molecule has 0 amide bonds. The molecule has 4 aliphatic rings. The summed E-state index contributed by atoms with van der Waals surface area (Å²) < 4.78 is 5.36. The highest BCUT2D eigenvalue weighted by Gasteiger charge is 2.56. The highest BCUT2D eigenvalue weighted by Crippen LogP contribution is 2.65. The van der Waals surface area contributed by atoms with Gasteiger partial charge in [-0.2, -0.15) is 0 Å². The molecule has 32 heavy (non-hydrogen) atoms. The average Bonchev–Trinajstić information content (AvgIpc) is 3.04. The minimum absolute atomic E-state index is 0.00846. The van der Waals surface area contributed by atoms with Crippen LogP contribution in [0.4, 0.5) is 0 Å². The lowest BCUT2D eigenvalue weighted by molar-refractivity contribution is -0.136. The lowest BCUT2D eigenvalue weighted by Gasteiger charge is -2.53. The number of hydrogen-bond acceptors (Lipinski definition) is 3. The number of ether oxygens (including phenoxy) is 1. The molecule has 0 radical (unpaired) electrons. The molecule has 0 aromatic carbocycles. The first kappa shape index (κ1) is 23.5. The van der Waals surface area contributed by atoms with E-state index in [9.17, 15) is 9.90 Å². The van der Waals surface area contributed by atoms with E-state index in [1.807, 2.05) is 19.9 Å². The van der Waals surface area contributed by atoms with Crippen molar-refractivity contribution in [2.24, 2.45) is 34.5 Å². The normalized spacial score (nSPS) is 36.8. The van der Waals surface area contributed by atoms with Crippen LogP contribution in [0, 0.1) is 34.5 Å². The Morgan fingerprint density at radius 1 is 1.22 bits per heavy atom. The Morgan fingerprint density at radius 3 is 2.66 bits per heavy atom. The molecule has 176 valence electrons. The van der Waals surface area contributed by atoms with E-state index in [4.69, 9.17) is 4.74 Å². The van der Waals surface area contributed by atoms with Crippen LogP contribution < -0.4 is 0 Å². The first-order valence-corrected chi connectivity index (χ1v) is 12.7. The summed E-state index contributed by atoms with van der Waals surface area (Å²) in [5, 5.41) is 10.1. The minimum atomic E-state index is -0.552. The van der Waals surface area contributed by atoms with Gasteiger partial charge < -0.3 is 9.84 Å². The largest absolute Gasteiger partial charge is 0.427 e. The molecule has 6 atom stereocenters. The van der Waals surface area contributed by atoms with E-state index in [1.165, 1.54) is 44.6 Å². The van der Waals surface area contributed by atoms with Gasteiger partial charge in [-0.25, -0.2) is 0 Å². The van der Waals surface area contributed by atoms with Gasteiger partial charge in [-0.3, -0.25) is 4.79 Å². The Morgan fingerprint density at radius 2 is 1.97 bits per heavy atom. The molecular weight excluding hydrogens is 396 g/mol. The summed E-state index contributed by atoms with van der Waals surface area (Å²) in [7, 11) is 0. The Balaban J connectivity index is 1.53. The summed E-state index contributed by atoms with van der Waals surface area (Å²) in [5.41, 5.74) is 2.75. The Bertz CT molecular complexity index is 883. The molecule has 0 spiro atoms. The van der Waals surface area contributed by atoms with Crippen molar-refractivity contribution in [3.05, 3.63) is 47.3 Å². The second kappa shape index (κ2) is 8.31. The van der Waals surface area contributed by atoms with Gasteiger partial charge in [0.2, 0.25) is 0 Å². The van der Waals surface area contributed by atoms with Crippen molar-refractivity contribution < 1.29 is 14.6 Å². The zero-order valence-electron chi connectivity index (χ0n) is 20.9. The fourth-order valence-electron chi connectivity index (χ4n) is 7.58. The number of hydrogen-bond donors (Lipinski definition) is 1. The molecule has 0 saturated heterocycles. The smallest absolute Gasteiger partial charge is 0.308 e. The fourth-order valence-corrected chi connectivity index (χ4v) is 7.58. The van der Waals surface area contributed by atoms with Crippen molar-refractivity contribution >= 4 is 5.97 Å². The van der Waals surface area contributed by atoms with E-state index in [0.29, 0.717) is 28.9 Å². The molecule has 4 aliphatic carbocycles. The maximum absolute atomic E-state index is 11.4. The van der Waals surface area contributed by atoms with Gasteiger partial charge in [0.25, 0.3) is 0 Å². The monoisotopic (exact) mass is 438 g/mol. The first-order chi connectivity index (χ1) is 14.9. The number of rotatable bonds is 6. The van der Waals surface area contributed by atoms with Crippen LogP contribution in [0.15, 0.2) is 47.3 Å². The van der Waals surface area contributed by atoms with E-state index >= 15 is 0 Å². The lowest BCUT2D eigenvalue weighted by Crippen LogP contribution is -2.44. The van der Waals surface area contributed by atoms with Gasteiger partial charge in [0.15, 0.2) is 0 Å². The second-order valence-electron chi connectivity index (χ2n) is 12.1. The molecule has 4 rings (SSSR count). The average molecular weight is 439 g/mol. The third kappa shape index (κ3) is 4.18. The quantitative estimate of drug-likeness (QED) is 0.459. The fraction of sp³-hybridized carbons (Fsp3) is 0.690. The minimum Gasteiger partial charge on any atom is -0.427 e. The van der Waals surface area contributed by atoms with Gasteiger partial charge in [-0.05, 0) is 92.8 Å². The van der Waals surface area contributed by atoms with Crippen LogP contribution in [-0.4, -0.2) is 16.7 Å². The van der Waals surface area contributed by atoms with Crippen molar-refractivity contribution in [1.29, 1.82) is 0 Å². The Kier molecular flexibility index (Phi) is 6.11. The van der Waals surface area contributed by atoms with E-state index in [0.717, 1.165) is 18.8 Å². The van der Waals surface area contributed by atoms with Gasteiger partial charge in [0, 0.05) is 12.3 Å². The van der Waals surface area contributed by atoms with Crippen LogP contribution in [0.3, 0.4) is 0 Å². The predicted molar refractivity (Wildman–Crippen MR) is 130 cm³/mol. The highest BCUT2D eigenvalue weighted by molar-refractivity contribution is 5.68. The van der Waals surface area contributed by atoms with E-state index in [2.05, 4.69) is 45.1 Å². The zero-order chi connectivity index (χ0) is 23.3. The molecule has 2 saturated carbocycles. The van der Waals surface area contributed by atoms with Crippen LogP contribution in [0.2, 0.25) is 0 Å². The topological polar surface area (TPSA) is 46.5 Å². The molecule has 0 aliphatic heterocycles. The third-order valence-electron chi connectivity index (χ3n) is 9.28. The number of carbonyl (C=O) groups is 1. The first-order valence-electron chi connectivity index (χ1n) is 12.7. The maximum Gasteiger partial charge on any atom is 0.308 e. The molecule has 3 nitrogen and oxygen atoms in total. The summed E-state index contributed by atoms with van der Waals surface area (Å²) in [6, 6.07) is 0. The molecule has 3 heteroatoms. The summed E-state index contributed by atoms with van der Waals surface area (Å²) in [6.07, 6.45) is 19.4. The molecule has 1 N–H and O–H groups in total. The van der Waals surface area contributed by atoms with E-state index in [1.54, 1.807) is 5.57 Å². The van der Waals surface area contributed by atoms with Gasteiger partial charge >= 0.3 is 5.97 Å². The highest BCUT2D eigenvalue weighted by atomic mass is 16.5.